The predicted molar refractivity (Wildman–Crippen MR) is 95.6 cm³/mol. The highest BCUT2D eigenvalue weighted by atomic mass is 19.1. The molecule has 1 heterocycles. The molecular formula is C19H17FN4O2. The van der Waals surface area contributed by atoms with Crippen LogP contribution >= 0.6 is 0 Å². The van der Waals surface area contributed by atoms with Gasteiger partial charge in [0.2, 0.25) is 0 Å². The Labute approximate surface area is 150 Å². The number of nitriles is 1. The molecule has 0 aromatic heterocycles. The number of nitrogens with zero attached hydrogens (tertiary/aromatic N) is 3. The summed E-state index contributed by atoms with van der Waals surface area (Å²) in [4.78, 5) is 14.2. The first-order valence-corrected chi connectivity index (χ1v) is 8.13. The normalized spacial score (nSPS) is 14.2. The molecule has 2 aromatic rings. The van der Waals surface area contributed by atoms with E-state index in [4.69, 9.17) is 10.00 Å². The lowest BCUT2D eigenvalue weighted by molar-refractivity contribution is 0.0951. The topological polar surface area (TPSA) is 77.7 Å². The van der Waals surface area contributed by atoms with E-state index in [0.717, 1.165) is 43.6 Å². The minimum Gasteiger partial charge on any atom is -0.378 e. The van der Waals surface area contributed by atoms with Crippen LogP contribution in [0.5, 0.6) is 0 Å². The van der Waals surface area contributed by atoms with E-state index in [9.17, 15) is 9.18 Å². The van der Waals surface area contributed by atoms with E-state index >= 15 is 0 Å². The number of carbonyl (C=O) groups excluding carboxylic acids is 1. The molecule has 26 heavy (non-hydrogen) atoms. The minimum absolute atomic E-state index is 0.155. The van der Waals surface area contributed by atoms with Crippen molar-refractivity contribution in [1.29, 1.82) is 5.26 Å². The number of carbonyl (C=O) groups is 1. The molecule has 1 aliphatic heterocycles. The third-order valence-corrected chi connectivity index (χ3v) is 3.99. The van der Waals surface area contributed by atoms with Gasteiger partial charge in [-0.2, -0.15) is 10.4 Å². The Morgan fingerprint density at radius 3 is 2.62 bits per heavy atom. The monoisotopic (exact) mass is 352 g/mol. The van der Waals surface area contributed by atoms with Crippen molar-refractivity contribution in [2.24, 2.45) is 5.10 Å². The van der Waals surface area contributed by atoms with E-state index in [2.05, 4.69) is 15.4 Å². The maximum atomic E-state index is 13.8. The Morgan fingerprint density at radius 2 is 1.96 bits per heavy atom. The molecular weight excluding hydrogens is 335 g/mol. The Morgan fingerprint density at radius 1 is 1.23 bits per heavy atom. The lowest BCUT2D eigenvalue weighted by atomic mass is 10.1. The van der Waals surface area contributed by atoms with Crippen molar-refractivity contribution in [2.75, 3.05) is 31.2 Å². The number of hydrogen-bond donors (Lipinski definition) is 1. The average molecular weight is 352 g/mol. The van der Waals surface area contributed by atoms with Gasteiger partial charge >= 0.3 is 0 Å². The molecule has 1 N–H and O–H groups in total. The first-order valence-electron chi connectivity index (χ1n) is 8.13. The second kappa shape index (κ2) is 8.23. The highest BCUT2D eigenvalue weighted by molar-refractivity contribution is 5.95. The average Bonchev–Trinajstić information content (AvgIpc) is 2.69. The maximum Gasteiger partial charge on any atom is 0.274 e. The van der Waals surface area contributed by atoms with Gasteiger partial charge in [-0.3, -0.25) is 4.79 Å². The molecule has 2 aromatic carbocycles. The zero-order chi connectivity index (χ0) is 18.4. The highest BCUT2D eigenvalue weighted by Crippen LogP contribution is 2.16. The number of benzene rings is 2. The SMILES string of the molecule is N#Cc1ccc(C(=O)N/N=C/c2ccc(N3CCOCC3)cc2)c(F)c1. The van der Waals surface area contributed by atoms with E-state index < -0.39 is 11.7 Å². The van der Waals surface area contributed by atoms with Gasteiger partial charge in [-0.05, 0) is 35.9 Å². The van der Waals surface area contributed by atoms with Crippen LogP contribution in [0.25, 0.3) is 0 Å². The van der Waals surface area contributed by atoms with Gasteiger partial charge in [-0.25, -0.2) is 9.82 Å². The van der Waals surface area contributed by atoms with Crippen LogP contribution in [-0.2, 0) is 4.74 Å². The van der Waals surface area contributed by atoms with Crippen LogP contribution in [0.15, 0.2) is 47.6 Å². The van der Waals surface area contributed by atoms with Gasteiger partial charge in [-0.15, -0.1) is 0 Å². The van der Waals surface area contributed by atoms with Crippen molar-refractivity contribution in [2.45, 2.75) is 0 Å². The number of amides is 1. The van der Waals surface area contributed by atoms with E-state index in [1.54, 1.807) is 0 Å². The number of ether oxygens (including phenoxy) is 1. The molecule has 7 heteroatoms. The van der Waals surface area contributed by atoms with Crippen LogP contribution in [0.4, 0.5) is 10.1 Å². The molecule has 132 valence electrons. The van der Waals surface area contributed by atoms with Crippen molar-refractivity contribution in [1.82, 2.24) is 5.43 Å². The van der Waals surface area contributed by atoms with E-state index in [1.807, 2.05) is 30.3 Å². The lowest BCUT2D eigenvalue weighted by Gasteiger charge is -2.28. The van der Waals surface area contributed by atoms with Crippen LogP contribution in [0.2, 0.25) is 0 Å². The summed E-state index contributed by atoms with van der Waals surface area (Å²) in [6, 6.07) is 13.2. The number of rotatable bonds is 4. The first kappa shape index (κ1) is 17.6. The summed E-state index contributed by atoms with van der Waals surface area (Å²) in [5, 5.41) is 12.6. The van der Waals surface area contributed by atoms with Crippen LogP contribution in [0.3, 0.4) is 0 Å². The predicted octanol–water partition coefficient (Wildman–Crippen LogP) is 2.30. The molecule has 1 aliphatic rings. The van der Waals surface area contributed by atoms with Crippen LogP contribution in [0.1, 0.15) is 21.5 Å². The van der Waals surface area contributed by atoms with Crippen molar-refractivity contribution in [3.8, 4) is 6.07 Å². The Balaban J connectivity index is 1.59. The summed E-state index contributed by atoms with van der Waals surface area (Å²) in [6.45, 7) is 3.17. The third-order valence-electron chi connectivity index (χ3n) is 3.99. The zero-order valence-corrected chi connectivity index (χ0v) is 14.0. The molecule has 0 spiro atoms. The molecule has 1 amide bonds. The van der Waals surface area contributed by atoms with E-state index in [1.165, 1.54) is 18.3 Å². The van der Waals surface area contributed by atoms with Gasteiger partial charge in [0, 0.05) is 18.8 Å². The summed E-state index contributed by atoms with van der Waals surface area (Å²) in [6.07, 6.45) is 1.49. The van der Waals surface area contributed by atoms with Gasteiger partial charge < -0.3 is 9.64 Å². The van der Waals surface area contributed by atoms with Gasteiger partial charge in [0.05, 0.1) is 36.6 Å². The van der Waals surface area contributed by atoms with Crippen LogP contribution < -0.4 is 10.3 Å². The van der Waals surface area contributed by atoms with Gasteiger partial charge in [0.25, 0.3) is 5.91 Å². The summed E-state index contributed by atoms with van der Waals surface area (Å²) in [7, 11) is 0. The molecule has 0 aliphatic carbocycles. The Hall–Kier alpha value is -3.24. The molecule has 0 radical (unpaired) electrons. The summed E-state index contributed by atoms with van der Waals surface area (Å²) in [5.41, 5.74) is 4.19. The summed E-state index contributed by atoms with van der Waals surface area (Å²) in [5.74, 6) is -1.43. The molecule has 0 bridgehead atoms. The molecule has 0 saturated carbocycles. The second-order valence-electron chi connectivity index (χ2n) is 5.70. The second-order valence-corrected chi connectivity index (χ2v) is 5.70. The van der Waals surface area contributed by atoms with Crippen molar-refractivity contribution < 1.29 is 13.9 Å². The summed E-state index contributed by atoms with van der Waals surface area (Å²) < 4.78 is 19.1. The Kier molecular flexibility index (Phi) is 5.56. The largest absolute Gasteiger partial charge is 0.378 e. The molecule has 3 rings (SSSR count). The smallest absolute Gasteiger partial charge is 0.274 e. The first-order chi connectivity index (χ1) is 12.7. The maximum absolute atomic E-state index is 13.8. The molecule has 0 atom stereocenters. The fraction of sp³-hybridized carbons (Fsp3) is 0.211. The van der Waals surface area contributed by atoms with Crippen LogP contribution in [-0.4, -0.2) is 38.4 Å². The molecule has 0 unspecified atom stereocenters. The fourth-order valence-electron chi connectivity index (χ4n) is 2.59. The van der Waals surface area contributed by atoms with Crippen molar-refractivity contribution in [3.05, 3.63) is 65.0 Å². The van der Waals surface area contributed by atoms with E-state index in [-0.39, 0.29) is 11.1 Å². The van der Waals surface area contributed by atoms with Crippen LogP contribution in [0, 0.1) is 17.1 Å². The fourth-order valence-corrected chi connectivity index (χ4v) is 2.59. The number of hydrogen-bond acceptors (Lipinski definition) is 5. The number of anilines is 1. The molecule has 1 fully saturated rings. The van der Waals surface area contributed by atoms with Crippen molar-refractivity contribution in [3.63, 3.8) is 0 Å². The standard InChI is InChI=1S/C19H17FN4O2/c20-18-11-15(12-21)3-6-17(18)19(25)23-22-13-14-1-4-16(5-2-14)24-7-9-26-10-8-24/h1-6,11,13H,7-10H2,(H,23,25)/b22-13+. The quantitative estimate of drug-likeness (QED) is 0.677. The highest BCUT2D eigenvalue weighted by Gasteiger charge is 2.12. The third kappa shape index (κ3) is 4.23. The summed E-state index contributed by atoms with van der Waals surface area (Å²) >= 11 is 0. The molecule has 1 saturated heterocycles. The van der Waals surface area contributed by atoms with Gasteiger partial charge in [0.15, 0.2) is 0 Å². The number of hydrazone groups is 1. The van der Waals surface area contributed by atoms with Crippen molar-refractivity contribution >= 4 is 17.8 Å². The Bertz CT molecular complexity index is 853. The minimum atomic E-state index is -0.758. The molecule has 6 nitrogen and oxygen atoms in total. The van der Waals surface area contributed by atoms with E-state index in [0.29, 0.717) is 0 Å². The number of halogens is 1. The number of morpholine rings is 1. The zero-order valence-electron chi connectivity index (χ0n) is 14.0. The lowest BCUT2D eigenvalue weighted by Crippen LogP contribution is -2.36. The number of nitrogens with one attached hydrogen (secondary N) is 1. The van der Waals surface area contributed by atoms with Gasteiger partial charge in [-0.1, -0.05) is 12.1 Å². The van der Waals surface area contributed by atoms with Gasteiger partial charge in [0.1, 0.15) is 5.82 Å².